The number of carbonyl (C=O) groups is 1. The molecule has 1 atom stereocenters. The zero-order chi connectivity index (χ0) is 13.8. The van der Waals surface area contributed by atoms with Gasteiger partial charge in [-0.25, -0.2) is 0 Å². The molecule has 1 rings (SSSR count). The standard InChI is InChI=1S/C10H11F3N4O/c11-10(12,13)9(1-4-16-7-9)8(18)17(5-2-14)6-3-15/h16H,1,4-7H2. The Balaban J connectivity index is 3.04. The maximum absolute atomic E-state index is 13.1. The summed E-state index contributed by atoms with van der Waals surface area (Å²) < 4.78 is 39.2. The molecular formula is C10H11F3N4O. The highest BCUT2D eigenvalue weighted by Crippen LogP contribution is 2.44. The van der Waals surface area contributed by atoms with Crippen LogP contribution in [0.2, 0.25) is 0 Å². The molecular weight excluding hydrogens is 249 g/mol. The molecule has 0 spiro atoms. The number of nitrogens with one attached hydrogen (secondary N) is 1. The zero-order valence-electron chi connectivity index (χ0n) is 9.42. The first-order chi connectivity index (χ1) is 8.39. The topological polar surface area (TPSA) is 79.9 Å². The molecule has 0 aromatic heterocycles. The SMILES string of the molecule is N#CCN(CC#N)C(=O)C1(C(F)(F)F)CCNC1. The van der Waals surface area contributed by atoms with Gasteiger partial charge in [-0.05, 0) is 13.0 Å². The minimum atomic E-state index is -4.70. The van der Waals surface area contributed by atoms with Crippen LogP contribution in [-0.4, -0.2) is 43.2 Å². The van der Waals surface area contributed by atoms with Crippen molar-refractivity contribution in [3.05, 3.63) is 0 Å². The van der Waals surface area contributed by atoms with Crippen molar-refractivity contribution in [1.29, 1.82) is 10.5 Å². The lowest BCUT2D eigenvalue weighted by Crippen LogP contribution is -2.53. The van der Waals surface area contributed by atoms with Gasteiger partial charge in [0.15, 0.2) is 5.41 Å². The zero-order valence-corrected chi connectivity index (χ0v) is 9.42. The van der Waals surface area contributed by atoms with E-state index in [9.17, 15) is 18.0 Å². The average Bonchev–Trinajstić information content (AvgIpc) is 2.77. The molecule has 18 heavy (non-hydrogen) atoms. The summed E-state index contributed by atoms with van der Waals surface area (Å²) in [5, 5.41) is 19.5. The molecule has 0 bridgehead atoms. The highest BCUT2D eigenvalue weighted by molar-refractivity contribution is 5.84. The second kappa shape index (κ2) is 5.23. The predicted octanol–water partition coefficient (Wildman–Crippen LogP) is 0.404. The third-order valence-electron chi connectivity index (χ3n) is 2.92. The van der Waals surface area contributed by atoms with E-state index < -0.39 is 37.1 Å². The summed E-state index contributed by atoms with van der Waals surface area (Å²) in [5.41, 5.74) is -2.51. The maximum atomic E-state index is 13.1. The number of nitriles is 2. The van der Waals surface area contributed by atoms with E-state index in [1.807, 2.05) is 0 Å². The normalized spacial score (nSPS) is 23.2. The molecule has 0 aromatic rings. The number of amides is 1. The molecule has 0 aromatic carbocycles. The van der Waals surface area contributed by atoms with Gasteiger partial charge in [-0.3, -0.25) is 4.79 Å². The monoisotopic (exact) mass is 260 g/mol. The Kier molecular flexibility index (Phi) is 4.15. The predicted molar refractivity (Wildman–Crippen MR) is 53.8 cm³/mol. The van der Waals surface area contributed by atoms with Crippen molar-refractivity contribution < 1.29 is 18.0 Å². The van der Waals surface area contributed by atoms with Crippen molar-refractivity contribution in [1.82, 2.24) is 10.2 Å². The van der Waals surface area contributed by atoms with Crippen LogP contribution >= 0.6 is 0 Å². The van der Waals surface area contributed by atoms with Crippen LogP contribution in [0.3, 0.4) is 0 Å². The van der Waals surface area contributed by atoms with E-state index in [1.165, 1.54) is 0 Å². The van der Waals surface area contributed by atoms with Crippen molar-refractivity contribution in [2.75, 3.05) is 26.2 Å². The van der Waals surface area contributed by atoms with Gasteiger partial charge in [-0.2, -0.15) is 23.7 Å². The summed E-state index contributed by atoms with van der Waals surface area (Å²) in [5.74, 6) is -1.21. The Morgan fingerprint density at radius 3 is 2.22 bits per heavy atom. The van der Waals surface area contributed by atoms with Crippen LogP contribution in [0.25, 0.3) is 0 Å². The van der Waals surface area contributed by atoms with Crippen molar-refractivity contribution in [3.8, 4) is 12.1 Å². The second-order valence-electron chi connectivity index (χ2n) is 3.98. The second-order valence-corrected chi connectivity index (χ2v) is 3.98. The fourth-order valence-corrected chi connectivity index (χ4v) is 1.91. The molecule has 8 heteroatoms. The molecule has 1 N–H and O–H groups in total. The van der Waals surface area contributed by atoms with Gasteiger partial charge in [0.25, 0.3) is 0 Å². The molecule has 5 nitrogen and oxygen atoms in total. The van der Waals surface area contributed by atoms with Crippen LogP contribution in [0, 0.1) is 28.1 Å². The average molecular weight is 260 g/mol. The van der Waals surface area contributed by atoms with E-state index in [0.717, 1.165) is 0 Å². The Bertz CT molecular complexity index is 385. The first-order valence-corrected chi connectivity index (χ1v) is 5.20. The summed E-state index contributed by atoms with van der Waals surface area (Å²) in [6.45, 7) is -1.48. The number of hydrogen-bond acceptors (Lipinski definition) is 4. The number of carbonyl (C=O) groups excluding carboxylic acids is 1. The largest absolute Gasteiger partial charge is 0.404 e. The van der Waals surface area contributed by atoms with Crippen LogP contribution < -0.4 is 5.32 Å². The van der Waals surface area contributed by atoms with E-state index in [1.54, 1.807) is 12.1 Å². The third kappa shape index (κ3) is 2.39. The van der Waals surface area contributed by atoms with Gasteiger partial charge in [-0.15, -0.1) is 0 Å². The van der Waals surface area contributed by atoms with Gasteiger partial charge in [0, 0.05) is 6.54 Å². The molecule has 1 aliphatic rings. The minimum absolute atomic E-state index is 0.0815. The quantitative estimate of drug-likeness (QED) is 0.745. The molecule has 1 unspecified atom stereocenters. The number of rotatable bonds is 3. The molecule has 1 fully saturated rings. The molecule has 1 amide bonds. The van der Waals surface area contributed by atoms with Crippen LogP contribution in [-0.2, 0) is 4.79 Å². The van der Waals surface area contributed by atoms with Gasteiger partial charge in [0.2, 0.25) is 5.91 Å². The molecule has 1 saturated heterocycles. The highest BCUT2D eigenvalue weighted by atomic mass is 19.4. The summed E-state index contributed by atoms with van der Waals surface area (Å²) in [4.78, 5) is 12.6. The Labute approximate surface area is 102 Å². The van der Waals surface area contributed by atoms with E-state index in [0.29, 0.717) is 4.90 Å². The summed E-state index contributed by atoms with van der Waals surface area (Å²) in [7, 11) is 0. The Morgan fingerprint density at radius 1 is 1.33 bits per heavy atom. The van der Waals surface area contributed by atoms with Gasteiger partial charge in [0.05, 0.1) is 12.1 Å². The highest BCUT2D eigenvalue weighted by Gasteiger charge is 2.62. The van der Waals surface area contributed by atoms with Crippen LogP contribution in [0.15, 0.2) is 0 Å². The van der Waals surface area contributed by atoms with Gasteiger partial charge >= 0.3 is 6.18 Å². The van der Waals surface area contributed by atoms with Gasteiger partial charge in [-0.1, -0.05) is 0 Å². The van der Waals surface area contributed by atoms with Crippen LogP contribution in [0.5, 0.6) is 0 Å². The molecule has 0 radical (unpaired) electrons. The summed E-state index contributed by atoms with van der Waals surface area (Å²) >= 11 is 0. The summed E-state index contributed by atoms with van der Waals surface area (Å²) in [6, 6.07) is 3.18. The smallest absolute Gasteiger partial charge is 0.315 e. The van der Waals surface area contributed by atoms with Crippen molar-refractivity contribution in [2.24, 2.45) is 5.41 Å². The van der Waals surface area contributed by atoms with Crippen molar-refractivity contribution >= 4 is 5.91 Å². The fourth-order valence-electron chi connectivity index (χ4n) is 1.91. The lowest BCUT2D eigenvalue weighted by Gasteiger charge is -2.33. The molecule has 0 saturated carbocycles. The lowest BCUT2D eigenvalue weighted by molar-refractivity contribution is -0.221. The van der Waals surface area contributed by atoms with Gasteiger partial charge < -0.3 is 10.2 Å². The lowest BCUT2D eigenvalue weighted by atomic mass is 9.84. The van der Waals surface area contributed by atoms with E-state index in [2.05, 4.69) is 5.32 Å². The number of halogens is 3. The van der Waals surface area contributed by atoms with E-state index >= 15 is 0 Å². The number of hydrogen-bond donors (Lipinski definition) is 1. The summed E-state index contributed by atoms with van der Waals surface area (Å²) in [6.07, 6.45) is -5.07. The Hall–Kier alpha value is -1.80. The van der Waals surface area contributed by atoms with Gasteiger partial charge in [0.1, 0.15) is 13.1 Å². The first kappa shape index (κ1) is 14.3. The maximum Gasteiger partial charge on any atom is 0.404 e. The Morgan fingerprint density at radius 2 is 1.89 bits per heavy atom. The molecule has 0 aliphatic carbocycles. The van der Waals surface area contributed by atoms with Crippen LogP contribution in [0.1, 0.15) is 6.42 Å². The van der Waals surface area contributed by atoms with Crippen molar-refractivity contribution in [2.45, 2.75) is 12.6 Å². The minimum Gasteiger partial charge on any atom is -0.315 e. The molecule has 1 heterocycles. The number of nitrogens with zero attached hydrogens (tertiary/aromatic N) is 3. The van der Waals surface area contributed by atoms with Crippen molar-refractivity contribution in [3.63, 3.8) is 0 Å². The third-order valence-corrected chi connectivity index (χ3v) is 2.92. The number of alkyl halides is 3. The van der Waals surface area contributed by atoms with Crippen LogP contribution in [0.4, 0.5) is 13.2 Å². The molecule has 1 aliphatic heterocycles. The first-order valence-electron chi connectivity index (χ1n) is 5.20. The fraction of sp³-hybridized carbons (Fsp3) is 0.700. The van der Waals surface area contributed by atoms with E-state index in [-0.39, 0.29) is 13.0 Å². The van der Waals surface area contributed by atoms with E-state index in [4.69, 9.17) is 10.5 Å². The molecule has 98 valence electrons.